The largest absolute Gasteiger partial charge is 0.497 e. The minimum absolute atomic E-state index is 0.0636. The summed E-state index contributed by atoms with van der Waals surface area (Å²) in [6.07, 6.45) is -0.461. The smallest absolute Gasteiger partial charge is 0.323 e. The minimum Gasteiger partial charge on any atom is -0.497 e. The minimum atomic E-state index is -1.89. The zero-order valence-corrected chi connectivity index (χ0v) is 19.0. The zero-order valence-electron chi connectivity index (χ0n) is 18.2. The van der Waals surface area contributed by atoms with Crippen molar-refractivity contribution in [1.29, 1.82) is 0 Å². The molecule has 1 unspecified atom stereocenters. The monoisotopic (exact) mass is 496 g/mol. The summed E-state index contributed by atoms with van der Waals surface area (Å²) < 4.78 is 10.4. The summed E-state index contributed by atoms with van der Waals surface area (Å²) in [6.45, 7) is -0.978. The predicted molar refractivity (Wildman–Crippen MR) is 120 cm³/mol. The fraction of sp³-hybridized carbons (Fsp3) is 0.217. The van der Waals surface area contributed by atoms with Crippen molar-refractivity contribution in [1.82, 2.24) is 15.0 Å². The molecule has 0 aliphatic carbocycles. The van der Waals surface area contributed by atoms with Gasteiger partial charge in [-0.25, -0.2) is 0 Å². The highest BCUT2D eigenvalue weighted by atomic mass is 35.5. The number of carbonyl (C=O) groups excluding carboxylic acids is 3. The van der Waals surface area contributed by atoms with Crippen LogP contribution in [-0.2, 0) is 31.1 Å². The Balaban J connectivity index is 1.46. The number of nitrogens with zero attached hydrogens (tertiary/aromatic N) is 4. The van der Waals surface area contributed by atoms with Crippen LogP contribution >= 0.6 is 11.6 Å². The number of benzene rings is 2. The van der Waals surface area contributed by atoms with Gasteiger partial charge in [0.25, 0.3) is 5.89 Å². The number of carboxylic acid groups (broad SMARTS) is 1. The van der Waals surface area contributed by atoms with E-state index in [1.54, 1.807) is 31.4 Å². The fourth-order valence-corrected chi connectivity index (χ4v) is 4.59. The molecule has 0 radical (unpaired) electrons. The maximum absolute atomic E-state index is 13.6. The van der Waals surface area contributed by atoms with Gasteiger partial charge in [0.1, 0.15) is 12.3 Å². The third-order valence-corrected chi connectivity index (χ3v) is 6.28. The number of imide groups is 1. The van der Waals surface area contributed by atoms with Crippen LogP contribution in [0.3, 0.4) is 0 Å². The quantitative estimate of drug-likeness (QED) is 0.400. The molecule has 1 atom stereocenters. The average Bonchev–Trinajstić information content (AvgIpc) is 3.47. The van der Waals surface area contributed by atoms with Gasteiger partial charge >= 0.3 is 5.97 Å². The summed E-state index contributed by atoms with van der Waals surface area (Å²) in [7, 11) is 1.54. The van der Waals surface area contributed by atoms with Crippen molar-refractivity contribution in [2.24, 2.45) is 0 Å². The Hall–Kier alpha value is -4.25. The van der Waals surface area contributed by atoms with Gasteiger partial charge in [-0.1, -0.05) is 16.8 Å². The van der Waals surface area contributed by atoms with Gasteiger partial charge in [-0.3, -0.25) is 29.0 Å². The number of likely N-dealkylation sites (tertiary alicyclic amines) is 1. The summed E-state index contributed by atoms with van der Waals surface area (Å²) in [4.78, 5) is 57.4. The summed E-state index contributed by atoms with van der Waals surface area (Å²) in [5, 5.41) is 13.4. The van der Waals surface area contributed by atoms with Crippen molar-refractivity contribution in [3.63, 3.8) is 0 Å². The van der Waals surface area contributed by atoms with Gasteiger partial charge < -0.3 is 14.4 Å². The summed E-state index contributed by atoms with van der Waals surface area (Å²) in [6, 6.07) is 11.2. The summed E-state index contributed by atoms with van der Waals surface area (Å²) in [5.41, 5.74) is -0.857. The summed E-state index contributed by atoms with van der Waals surface area (Å²) in [5.74, 6) is -2.58. The van der Waals surface area contributed by atoms with E-state index in [1.807, 2.05) is 0 Å². The molecule has 0 bridgehead atoms. The number of aliphatic carboxylic acids is 1. The first kappa shape index (κ1) is 22.5. The number of carbonyl (C=O) groups is 4. The Kier molecular flexibility index (Phi) is 5.28. The van der Waals surface area contributed by atoms with Crippen molar-refractivity contribution in [3.8, 4) is 17.2 Å². The molecule has 3 heterocycles. The molecule has 1 N–H and O–H groups in total. The molecule has 178 valence electrons. The number of carboxylic acids is 1. The molecular formula is C23H17ClN4O7. The molecule has 1 aromatic heterocycles. The molecule has 12 heteroatoms. The van der Waals surface area contributed by atoms with E-state index in [0.29, 0.717) is 11.3 Å². The predicted octanol–water partition coefficient (Wildman–Crippen LogP) is 2.03. The van der Waals surface area contributed by atoms with Crippen LogP contribution in [-0.4, -0.2) is 57.5 Å². The Bertz CT molecular complexity index is 1390. The van der Waals surface area contributed by atoms with E-state index < -0.39 is 42.1 Å². The lowest BCUT2D eigenvalue weighted by Crippen LogP contribution is -2.47. The molecule has 2 aliphatic rings. The highest BCUT2D eigenvalue weighted by Gasteiger charge is 2.64. The van der Waals surface area contributed by atoms with Crippen molar-refractivity contribution in [2.45, 2.75) is 18.4 Å². The first-order valence-electron chi connectivity index (χ1n) is 10.4. The van der Waals surface area contributed by atoms with Crippen LogP contribution < -0.4 is 9.64 Å². The van der Waals surface area contributed by atoms with Gasteiger partial charge in [0, 0.05) is 21.8 Å². The second-order valence-electron chi connectivity index (χ2n) is 8.06. The van der Waals surface area contributed by atoms with Crippen LogP contribution in [0.1, 0.15) is 17.8 Å². The van der Waals surface area contributed by atoms with Crippen molar-refractivity contribution >= 4 is 41.0 Å². The van der Waals surface area contributed by atoms with E-state index in [1.165, 1.54) is 18.2 Å². The van der Waals surface area contributed by atoms with Crippen molar-refractivity contribution in [2.75, 3.05) is 18.6 Å². The highest BCUT2D eigenvalue weighted by molar-refractivity contribution is 6.32. The molecule has 1 fully saturated rings. The van der Waals surface area contributed by atoms with Gasteiger partial charge in [-0.2, -0.15) is 4.98 Å². The van der Waals surface area contributed by atoms with E-state index in [2.05, 4.69) is 10.1 Å². The molecule has 3 amide bonds. The molecule has 2 aromatic carbocycles. The molecule has 1 spiro atoms. The number of amides is 3. The normalized spacial score (nSPS) is 19.1. The maximum atomic E-state index is 13.6. The fourth-order valence-electron chi connectivity index (χ4n) is 4.42. The van der Waals surface area contributed by atoms with Crippen LogP contribution in [0.25, 0.3) is 11.5 Å². The lowest BCUT2D eigenvalue weighted by atomic mass is 9.80. The van der Waals surface area contributed by atoms with Gasteiger partial charge in [0.15, 0.2) is 11.2 Å². The second-order valence-corrected chi connectivity index (χ2v) is 8.49. The number of methoxy groups -OCH3 is 1. The second kappa shape index (κ2) is 8.20. The molecule has 5 rings (SSSR count). The van der Waals surface area contributed by atoms with Crippen LogP contribution in [0, 0.1) is 0 Å². The number of aromatic nitrogens is 2. The molecule has 2 aliphatic heterocycles. The lowest BCUT2D eigenvalue weighted by Gasteiger charge is -2.21. The summed E-state index contributed by atoms with van der Waals surface area (Å²) >= 11 is 6.12. The number of anilines is 1. The van der Waals surface area contributed by atoms with E-state index >= 15 is 0 Å². The van der Waals surface area contributed by atoms with E-state index in [-0.39, 0.29) is 34.5 Å². The number of hydrogen-bond acceptors (Lipinski definition) is 8. The first-order chi connectivity index (χ1) is 16.7. The number of hydrogen-bond donors (Lipinski definition) is 1. The number of halogens is 1. The third kappa shape index (κ3) is 3.51. The van der Waals surface area contributed by atoms with Crippen LogP contribution in [0.4, 0.5) is 5.69 Å². The van der Waals surface area contributed by atoms with Gasteiger partial charge in [-0.05, 0) is 42.5 Å². The Morgan fingerprint density at radius 3 is 2.54 bits per heavy atom. The number of ether oxygens (including phenoxy) is 1. The van der Waals surface area contributed by atoms with Crippen LogP contribution in [0.2, 0.25) is 5.02 Å². The number of rotatable bonds is 6. The third-order valence-electron chi connectivity index (χ3n) is 6.05. The Morgan fingerprint density at radius 1 is 1.14 bits per heavy atom. The van der Waals surface area contributed by atoms with E-state index in [0.717, 1.165) is 9.80 Å². The highest BCUT2D eigenvalue weighted by Crippen LogP contribution is 2.49. The molecule has 11 nitrogen and oxygen atoms in total. The standard InChI is InChI=1S/C23H17ClN4O7/c1-34-14-5-2-12(3-6-14)20-25-17(26-35-20)10-28-18(29)9-23(22(28)33)15-8-13(24)4-7-16(15)27(21(23)32)11-19(30)31/h2-8H,9-11H2,1H3,(H,30,31). The number of fused-ring (bicyclic) bond motifs is 2. The van der Waals surface area contributed by atoms with Crippen LogP contribution in [0.5, 0.6) is 5.75 Å². The van der Waals surface area contributed by atoms with Gasteiger partial charge in [-0.15, -0.1) is 0 Å². The molecule has 0 saturated carbocycles. The molecule has 1 saturated heterocycles. The van der Waals surface area contributed by atoms with E-state index in [9.17, 15) is 24.3 Å². The van der Waals surface area contributed by atoms with Gasteiger partial charge in [0.05, 0.1) is 20.1 Å². The lowest BCUT2D eigenvalue weighted by molar-refractivity contribution is -0.143. The Morgan fingerprint density at radius 2 is 1.86 bits per heavy atom. The van der Waals surface area contributed by atoms with Crippen molar-refractivity contribution < 1.29 is 33.5 Å². The topological polar surface area (TPSA) is 143 Å². The maximum Gasteiger partial charge on any atom is 0.323 e. The molecule has 35 heavy (non-hydrogen) atoms. The molecular weight excluding hydrogens is 480 g/mol. The van der Waals surface area contributed by atoms with Gasteiger partial charge in [0.2, 0.25) is 17.7 Å². The first-order valence-corrected chi connectivity index (χ1v) is 10.8. The Labute approximate surface area is 202 Å². The SMILES string of the molecule is COc1ccc(-c2nc(CN3C(=O)CC4(C3=O)C(=O)N(CC(=O)O)c3ccc(Cl)cc34)no2)cc1. The van der Waals surface area contributed by atoms with Crippen LogP contribution in [0.15, 0.2) is 47.0 Å². The van der Waals surface area contributed by atoms with Crippen molar-refractivity contribution in [3.05, 3.63) is 58.9 Å². The zero-order chi connectivity index (χ0) is 24.9. The molecule has 3 aromatic rings. The van der Waals surface area contributed by atoms with E-state index in [4.69, 9.17) is 20.9 Å². The average molecular weight is 497 g/mol.